The van der Waals surface area contributed by atoms with Crippen LogP contribution in [0.3, 0.4) is 0 Å². The van der Waals surface area contributed by atoms with Crippen LogP contribution in [0.1, 0.15) is 24.8 Å². The molecule has 0 unspecified atom stereocenters. The first-order valence-corrected chi connectivity index (χ1v) is 6.59. The molecule has 1 aromatic rings. The van der Waals surface area contributed by atoms with Gasteiger partial charge in [0.1, 0.15) is 0 Å². The van der Waals surface area contributed by atoms with Crippen molar-refractivity contribution in [3.05, 3.63) is 34.3 Å². The van der Waals surface area contributed by atoms with Crippen LogP contribution in [0.15, 0.2) is 28.7 Å². The van der Waals surface area contributed by atoms with Crippen molar-refractivity contribution in [3.63, 3.8) is 0 Å². The van der Waals surface area contributed by atoms with Crippen molar-refractivity contribution in [2.24, 2.45) is 5.92 Å². The van der Waals surface area contributed by atoms with Crippen LogP contribution < -0.4 is 5.32 Å². The van der Waals surface area contributed by atoms with Crippen LogP contribution >= 0.6 is 15.9 Å². The van der Waals surface area contributed by atoms with Gasteiger partial charge in [-0.1, -0.05) is 34.5 Å². The maximum Gasteiger partial charge on any atom is 0.0178 e. The molecule has 0 spiro atoms. The van der Waals surface area contributed by atoms with Gasteiger partial charge in [-0.2, -0.15) is 0 Å². The van der Waals surface area contributed by atoms with Crippen LogP contribution in [0.4, 0.5) is 0 Å². The Morgan fingerprint density at radius 2 is 2.20 bits per heavy atom. The van der Waals surface area contributed by atoms with Crippen LogP contribution in [0.5, 0.6) is 0 Å². The molecule has 0 saturated heterocycles. The summed E-state index contributed by atoms with van der Waals surface area (Å²) in [5.41, 5.74) is 1.41. The van der Waals surface area contributed by atoms with Crippen molar-refractivity contribution < 1.29 is 0 Å². The van der Waals surface area contributed by atoms with Crippen LogP contribution in [0.2, 0.25) is 0 Å². The van der Waals surface area contributed by atoms with E-state index in [2.05, 4.69) is 45.5 Å². The number of rotatable bonds is 5. The molecule has 2 heteroatoms. The van der Waals surface area contributed by atoms with Crippen molar-refractivity contribution in [1.29, 1.82) is 0 Å². The van der Waals surface area contributed by atoms with Crippen molar-refractivity contribution in [3.8, 4) is 0 Å². The van der Waals surface area contributed by atoms with Gasteiger partial charge in [-0.3, -0.25) is 0 Å². The van der Waals surface area contributed by atoms with E-state index in [1.165, 1.54) is 35.8 Å². The second-order valence-corrected chi connectivity index (χ2v) is 5.30. The summed E-state index contributed by atoms with van der Waals surface area (Å²) in [6.45, 7) is 2.32. The monoisotopic (exact) mass is 267 g/mol. The maximum absolute atomic E-state index is 3.54. The summed E-state index contributed by atoms with van der Waals surface area (Å²) < 4.78 is 1.18. The van der Waals surface area contributed by atoms with Crippen molar-refractivity contribution in [2.45, 2.75) is 25.7 Å². The third kappa shape index (κ3) is 3.62. The normalized spacial score (nSPS) is 16.3. The fourth-order valence-electron chi connectivity index (χ4n) is 1.93. The lowest BCUT2D eigenvalue weighted by atomic mass is 9.85. The standard InChI is InChI=1S/C13H18BrN/c14-13-6-2-3-11(9-13)7-8-15-10-12-4-1-5-12/h2-3,6,9,12,15H,1,4-5,7-8,10H2. The molecule has 1 aliphatic rings. The molecule has 15 heavy (non-hydrogen) atoms. The average molecular weight is 268 g/mol. The zero-order chi connectivity index (χ0) is 10.5. The van der Waals surface area contributed by atoms with Gasteiger partial charge in [0.05, 0.1) is 0 Å². The second kappa shape index (κ2) is 5.66. The van der Waals surface area contributed by atoms with Crippen molar-refractivity contribution in [2.75, 3.05) is 13.1 Å². The molecule has 0 heterocycles. The van der Waals surface area contributed by atoms with Gasteiger partial charge in [0.25, 0.3) is 0 Å². The average Bonchev–Trinajstić information content (AvgIpc) is 2.15. The van der Waals surface area contributed by atoms with Gasteiger partial charge in [0.2, 0.25) is 0 Å². The van der Waals surface area contributed by atoms with E-state index in [0.717, 1.165) is 18.9 Å². The maximum atomic E-state index is 3.54. The van der Waals surface area contributed by atoms with E-state index >= 15 is 0 Å². The first kappa shape index (κ1) is 11.2. The SMILES string of the molecule is Brc1cccc(CCNCC2CCC2)c1. The second-order valence-electron chi connectivity index (χ2n) is 4.38. The predicted molar refractivity (Wildman–Crippen MR) is 68.1 cm³/mol. The Morgan fingerprint density at radius 1 is 1.33 bits per heavy atom. The van der Waals surface area contributed by atoms with Crippen LogP contribution in [0.25, 0.3) is 0 Å². The van der Waals surface area contributed by atoms with Gasteiger partial charge in [0, 0.05) is 4.47 Å². The molecule has 1 aromatic carbocycles. The third-order valence-electron chi connectivity index (χ3n) is 3.14. The Bertz CT molecular complexity index is 307. The van der Waals surface area contributed by atoms with Crippen molar-refractivity contribution in [1.82, 2.24) is 5.32 Å². The third-order valence-corrected chi connectivity index (χ3v) is 3.63. The highest BCUT2D eigenvalue weighted by molar-refractivity contribution is 9.10. The van der Waals surface area contributed by atoms with E-state index in [9.17, 15) is 0 Å². The molecule has 1 N–H and O–H groups in total. The van der Waals surface area contributed by atoms with Crippen LogP contribution in [-0.2, 0) is 6.42 Å². The van der Waals surface area contributed by atoms with Gasteiger partial charge in [-0.05, 0) is 56.0 Å². The highest BCUT2D eigenvalue weighted by Crippen LogP contribution is 2.25. The smallest absolute Gasteiger partial charge is 0.0178 e. The minimum atomic E-state index is 0.965. The van der Waals surface area contributed by atoms with E-state index in [1.807, 2.05) is 0 Å². The Hall–Kier alpha value is -0.340. The molecule has 0 bridgehead atoms. The summed E-state index contributed by atoms with van der Waals surface area (Å²) in [6.07, 6.45) is 5.44. The summed E-state index contributed by atoms with van der Waals surface area (Å²) in [7, 11) is 0. The molecule has 0 aliphatic heterocycles. The topological polar surface area (TPSA) is 12.0 Å². The van der Waals surface area contributed by atoms with E-state index in [1.54, 1.807) is 0 Å². The lowest BCUT2D eigenvalue weighted by molar-refractivity contribution is 0.303. The fourth-order valence-corrected chi connectivity index (χ4v) is 2.37. The quantitative estimate of drug-likeness (QED) is 0.807. The molecular formula is C13H18BrN. The van der Waals surface area contributed by atoms with Gasteiger partial charge in [-0.15, -0.1) is 0 Å². The Labute approximate surface area is 100 Å². The van der Waals surface area contributed by atoms with Gasteiger partial charge in [0.15, 0.2) is 0 Å². The summed E-state index contributed by atoms with van der Waals surface area (Å²) in [6, 6.07) is 8.57. The van der Waals surface area contributed by atoms with E-state index in [-0.39, 0.29) is 0 Å². The van der Waals surface area contributed by atoms with Crippen molar-refractivity contribution >= 4 is 15.9 Å². The zero-order valence-electron chi connectivity index (χ0n) is 9.01. The molecule has 1 fully saturated rings. The zero-order valence-corrected chi connectivity index (χ0v) is 10.6. The highest BCUT2D eigenvalue weighted by Gasteiger charge is 2.15. The van der Waals surface area contributed by atoms with E-state index in [0.29, 0.717) is 0 Å². The molecule has 0 amide bonds. The molecule has 2 rings (SSSR count). The highest BCUT2D eigenvalue weighted by atomic mass is 79.9. The number of benzene rings is 1. The molecule has 0 aromatic heterocycles. The predicted octanol–water partition coefficient (Wildman–Crippen LogP) is 3.38. The molecule has 1 aliphatic carbocycles. The minimum absolute atomic E-state index is 0.965. The summed E-state index contributed by atoms with van der Waals surface area (Å²) in [4.78, 5) is 0. The first-order chi connectivity index (χ1) is 7.34. The van der Waals surface area contributed by atoms with Gasteiger partial charge < -0.3 is 5.32 Å². The largest absolute Gasteiger partial charge is 0.316 e. The van der Waals surface area contributed by atoms with Gasteiger partial charge >= 0.3 is 0 Å². The molecule has 1 saturated carbocycles. The Balaban J connectivity index is 1.64. The summed E-state index contributed by atoms with van der Waals surface area (Å²) >= 11 is 3.49. The summed E-state index contributed by atoms with van der Waals surface area (Å²) in [5.74, 6) is 0.965. The number of halogens is 1. The number of hydrogen-bond acceptors (Lipinski definition) is 1. The fraction of sp³-hybridized carbons (Fsp3) is 0.538. The molecular weight excluding hydrogens is 250 g/mol. The van der Waals surface area contributed by atoms with E-state index < -0.39 is 0 Å². The van der Waals surface area contributed by atoms with Crippen LogP contribution in [0, 0.1) is 5.92 Å². The first-order valence-electron chi connectivity index (χ1n) is 5.80. The number of hydrogen-bond donors (Lipinski definition) is 1. The number of nitrogens with one attached hydrogen (secondary N) is 1. The molecule has 0 atom stereocenters. The Kier molecular flexibility index (Phi) is 4.21. The molecule has 1 nitrogen and oxygen atoms in total. The lowest BCUT2D eigenvalue weighted by Gasteiger charge is -2.25. The Morgan fingerprint density at radius 3 is 2.87 bits per heavy atom. The van der Waals surface area contributed by atoms with E-state index in [4.69, 9.17) is 0 Å². The molecule has 0 radical (unpaired) electrons. The molecule has 82 valence electrons. The lowest BCUT2D eigenvalue weighted by Crippen LogP contribution is -2.28. The van der Waals surface area contributed by atoms with Crippen LogP contribution in [-0.4, -0.2) is 13.1 Å². The minimum Gasteiger partial charge on any atom is -0.316 e. The summed E-state index contributed by atoms with van der Waals surface area (Å²) in [5, 5.41) is 3.54. The van der Waals surface area contributed by atoms with Gasteiger partial charge in [-0.25, -0.2) is 0 Å².